The van der Waals surface area contributed by atoms with Crippen molar-refractivity contribution in [3.8, 4) is 0 Å². The zero-order valence-corrected chi connectivity index (χ0v) is 11.5. The van der Waals surface area contributed by atoms with Gasteiger partial charge in [-0.2, -0.15) is 0 Å². The molecule has 92 valence electrons. The second kappa shape index (κ2) is 6.27. The summed E-state index contributed by atoms with van der Waals surface area (Å²) >= 11 is 0. The van der Waals surface area contributed by atoms with Gasteiger partial charge in [-0.1, -0.05) is 44.9 Å². The van der Waals surface area contributed by atoms with Gasteiger partial charge in [-0.25, -0.2) is 0 Å². The van der Waals surface area contributed by atoms with E-state index in [1.165, 1.54) is 19.3 Å². The van der Waals surface area contributed by atoms with Crippen LogP contribution in [0.1, 0.15) is 53.4 Å². The lowest BCUT2D eigenvalue weighted by Gasteiger charge is -2.38. The molecule has 0 N–H and O–H groups in total. The third-order valence-electron chi connectivity index (χ3n) is 4.25. The van der Waals surface area contributed by atoms with Gasteiger partial charge < -0.3 is 0 Å². The molecular formula is C16H28. The molecule has 1 rings (SSSR count). The van der Waals surface area contributed by atoms with Gasteiger partial charge in [0, 0.05) is 0 Å². The quantitative estimate of drug-likeness (QED) is 0.570. The van der Waals surface area contributed by atoms with Crippen LogP contribution in [-0.2, 0) is 0 Å². The monoisotopic (exact) mass is 220 g/mol. The molecule has 0 nitrogen and oxygen atoms in total. The van der Waals surface area contributed by atoms with Gasteiger partial charge in [-0.3, -0.25) is 0 Å². The predicted molar refractivity (Wildman–Crippen MR) is 73.4 cm³/mol. The number of hydrogen-bond donors (Lipinski definition) is 0. The standard InChI is InChI=1S/C16H28/c1-6-8-14(7-2)16-11-13(5)9-10-15(16)12(3)4/h6-7,12-13,15-16H,1,8-11H2,2-5H3. The molecule has 0 heteroatoms. The van der Waals surface area contributed by atoms with Gasteiger partial charge in [0.25, 0.3) is 0 Å². The summed E-state index contributed by atoms with van der Waals surface area (Å²) in [6.45, 7) is 13.3. The fourth-order valence-corrected chi connectivity index (χ4v) is 3.28. The van der Waals surface area contributed by atoms with Gasteiger partial charge in [0.05, 0.1) is 0 Å². The Hall–Kier alpha value is -0.520. The largest absolute Gasteiger partial charge is 0.103 e. The maximum atomic E-state index is 3.89. The van der Waals surface area contributed by atoms with Gasteiger partial charge in [0.15, 0.2) is 0 Å². The van der Waals surface area contributed by atoms with E-state index in [2.05, 4.69) is 46.4 Å². The summed E-state index contributed by atoms with van der Waals surface area (Å²) in [4.78, 5) is 0. The smallest absolute Gasteiger partial charge is 0.0139 e. The second-order valence-electron chi connectivity index (χ2n) is 5.79. The minimum absolute atomic E-state index is 0.812. The summed E-state index contributed by atoms with van der Waals surface area (Å²) in [7, 11) is 0. The van der Waals surface area contributed by atoms with Crippen molar-refractivity contribution in [3.05, 3.63) is 24.3 Å². The lowest BCUT2D eigenvalue weighted by Crippen LogP contribution is -2.28. The molecule has 3 atom stereocenters. The Kier molecular flexibility index (Phi) is 5.31. The van der Waals surface area contributed by atoms with E-state index in [9.17, 15) is 0 Å². The van der Waals surface area contributed by atoms with E-state index < -0.39 is 0 Å². The average Bonchev–Trinajstić information content (AvgIpc) is 2.25. The molecule has 0 aromatic carbocycles. The van der Waals surface area contributed by atoms with Gasteiger partial charge in [-0.05, 0) is 49.9 Å². The first-order valence-electron chi connectivity index (χ1n) is 6.86. The highest BCUT2D eigenvalue weighted by Crippen LogP contribution is 2.42. The summed E-state index contributed by atoms with van der Waals surface area (Å²) in [6, 6.07) is 0. The highest BCUT2D eigenvalue weighted by atomic mass is 14.4. The first-order chi connectivity index (χ1) is 7.60. The second-order valence-corrected chi connectivity index (χ2v) is 5.79. The van der Waals surface area contributed by atoms with Crippen LogP contribution >= 0.6 is 0 Å². The van der Waals surface area contributed by atoms with E-state index in [0.717, 1.165) is 30.1 Å². The third-order valence-corrected chi connectivity index (χ3v) is 4.25. The first-order valence-corrected chi connectivity index (χ1v) is 6.86. The van der Waals surface area contributed by atoms with Crippen LogP contribution < -0.4 is 0 Å². The lowest BCUT2D eigenvalue weighted by molar-refractivity contribution is 0.168. The third kappa shape index (κ3) is 3.23. The fraction of sp³-hybridized carbons (Fsp3) is 0.750. The SMILES string of the molecule is C=CCC(=CC)C1CC(C)CCC1C(C)C. The van der Waals surface area contributed by atoms with Crippen molar-refractivity contribution in [2.45, 2.75) is 53.4 Å². The summed E-state index contributed by atoms with van der Waals surface area (Å²) in [5, 5.41) is 0. The number of rotatable bonds is 4. The van der Waals surface area contributed by atoms with Crippen LogP contribution in [0.3, 0.4) is 0 Å². The van der Waals surface area contributed by atoms with E-state index in [1.807, 2.05) is 0 Å². The van der Waals surface area contributed by atoms with Crippen LogP contribution in [0.5, 0.6) is 0 Å². The maximum absolute atomic E-state index is 3.89. The molecule has 0 spiro atoms. The van der Waals surface area contributed by atoms with Crippen molar-refractivity contribution in [2.24, 2.45) is 23.7 Å². The van der Waals surface area contributed by atoms with E-state index in [1.54, 1.807) is 5.57 Å². The zero-order valence-electron chi connectivity index (χ0n) is 11.5. The Bertz CT molecular complexity index is 247. The molecule has 0 aliphatic heterocycles. The molecule has 0 aromatic heterocycles. The minimum atomic E-state index is 0.812. The predicted octanol–water partition coefficient (Wildman–Crippen LogP) is 5.22. The van der Waals surface area contributed by atoms with Gasteiger partial charge in [0.2, 0.25) is 0 Å². The molecule has 0 aromatic rings. The van der Waals surface area contributed by atoms with E-state index in [0.29, 0.717) is 0 Å². The topological polar surface area (TPSA) is 0 Å². The molecule has 0 heterocycles. The number of allylic oxidation sites excluding steroid dienone is 3. The van der Waals surface area contributed by atoms with Crippen LogP contribution in [-0.4, -0.2) is 0 Å². The molecule has 3 unspecified atom stereocenters. The van der Waals surface area contributed by atoms with Crippen LogP contribution in [0.2, 0.25) is 0 Å². The highest BCUT2D eigenvalue weighted by molar-refractivity contribution is 5.12. The molecule has 0 radical (unpaired) electrons. The Morgan fingerprint density at radius 2 is 2.06 bits per heavy atom. The van der Waals surface area contributed by atoms with Crippen molar-refractivity contribution in [2.75, 3.05) is 0 Å². The van der Waals surface area contributed by atoms with Gasteiger partial charge in [-0.15, -0.1) is 6.58 Å². The number of hydrogen-bond acceptors (Lipinski definition) is 0. The molecule has 1 aliphatic rings. The Morgan fingerprint density at radius 1 is 1.38 bits per heavy atom. The maximum Gasteiger partial charge on any atom is -0.0139 e. The van der Waals surface area contributed by atoms with Crippen LogP contribution in [0, 0.1) is 23.7 Å². The summed E-state index contributed by atoms with van der Waals surface area (Å²) in [5.74, 6) is 3.42. The Morgan fingerprint density at radius 3 is 2.56 bits per heavy atom. The molecule has 16 heavy (non-hydrogen) atoms. The molecule has 1 fully saturated rings. The molecule has 0 saturated heterocycles. The molecular weight excluding hydrogens is 192 g/mol. The van der Waals surface area contributed by atoms with Gasteiger partial charge >= 0.3 is 0 Å². The summed E-state index contributed by atoms with van der Waals surface area (Å²) in [5.41, 5.74) is 1.63. The lowest BCUT2D eigenvalue weighted by atomic mass is 9.67. The van der Waals surface area contributed by atoms with E-state index >= 15 is 0 Å². The van der Waals surface area contributed by atoms with Crippen LogP contribution in [0.25, 0.3) is 0 Å². The Labute approximate surface area is 102 Å². The zero-order chi connectivity index (χ0) is 12.1. The Balaban J connectivity index is 2.81. The van der Waals surface area contributed by atoms with Crippen LogP contribution in [0.4, 0.5) is 0 Å². The minimum Gasteiger partial charge on any atom is -0.103 e. The summed E-state index contributed by atoms with van der Waals surface area (Å²) < 4.78 is 0. The van der Waals surface area contributed by atoms with Crippen LogP contribution in [0.15, 0.2) is 24.3 Å². The molecule has 0 bridgehead atoms. The van der Waals surface area contributed by atoms with Gasteiger partial charge in [0.1, 0.15) is 0 Å². The van der Waals surface area contributed by atoms with E-state index in [-0.39, 0.29) is 0 Å². The molecule has 1 saturated carbocycles. The summed E-state index contributed by atoms with van der Waals surface area (Å²) in [6.07, 6.45) is 9.70. The normalized spacial score (nSPS) is 31.8. The van der Waals surface area contributed by atoms with Crippen molar-refractivity contribution in [1.29, 1.82) is 0 Å². The van der Waals surface area contributed by atoms with Crippen molar-refractivity contribution >= 4 is 0 Å². The fourth-order valence-electron chi connectivity index (χ4n) is 3.28. The highest BCUT2D eigenvalue weighted by Gasteiger charge is 2.31. The average molecular weight is 220 g/mol. The molecule has 0 amide bonds. The van der Waals surface area contributed by atoms with E-state index in [4.69, 9.17) is 0 Å². The van der Waals surface area contributed by atoms with Crippen molar-refractivity contribution < 1.29 is 0 Å². The first kappa shape index (κ1) is 13.5. The molecule has 1 aliphatic carbocycles. The van der Waals surface area contributed by atoms with Crippen molar-refractivity contribution in [3.63, 3.8) is 0 Å². The van der Waals surface area contributed by atoms with Crippen molar-refractivity contribution in [1.82, 2.24) is 0 Å².